The van der Waals surface area contributed by atoms with E-state index in [1.54, 1.807) is 0 Å². The Morgan fingerprint density at radius 2 is 1.92 bits per heavy atom. The molecule has 0 radical (unpaired) electrons. The summed E-state index contributed by atoms with van der Waals surface area (Å²) in [5.74, 6) is 0.118. The molecule has 2 aromatic carbocycles. The zero-order valence-electron chi connectivity index (χ0n) is 14.1. The highest BCUT2D eigenvalue weighted by atomic mass is 16.2. The summed E-state index contributed by atoms with van der Waals surface area (Å²) < 4.78 is 2.06. The van der Waals surface area contributed by atoms with Crippen LogP contribution in [0.2, 0.25) is 0 Å². The van der Waals surface area contributed by atoms with Gasteiger partial charge in [-0.15, -0.1) is 0 Å². The van der Waals surface area contributed by atoms with Crippen LogP contribution in [0.3, 0.4) is 0 Å². The summed E-state index contributed by atoms with van der Waals surface area (Å²) in [7, 11) is 2.01. The highest BCUT2D eigenvalue weighted by molar-refractivity contribution is 6.06. The standard InChI is InChI=1S/C21H19N3O/c1-23-11-9-15-16(6-4-8-20(15)23)21(25)24-12-10-19-17(13-24)14-5-2-3-7-18(14)22-19/h2-9,11,22H,10,12-13H2,1H3. The highest BCUT2D eigenvalue weighted by Crippen LogP contribution is 2.29. The molecular formula is C21H19N3O. The number of fused-ring (bicyclic) bond motifs is 4. The quantitative estimate of drug-likeness (QED) is 0.566. The third kappa shape index (κ3) is 2.10. The molecule has 1 amide bonds. The molecule has 4 nitrogen and oxygen atoms in total. The van der Waals surface area contributed by atoms with E-state index in [1.807, 2.05) is 42.4 Å². The second-order valence-corrected chi connectivity index (χ2v) is 6.77. The van der Waals surface area contributed by atoms with Gasteiger partial charge in [0.2, 0.25) is 0 Å². The van der Waals surface area contributed by atoms with E-state index in [4.69, 9.17) is 0 Å². The van der Waals surface area contributed by atoms with E-state index in [9.17, 15) is 4.79 Å². The van der Waals surface area contributed by atoms with Crippen LogP contribution in [0.1, 0.15) is 21.6 Å². The summed E-state index contributed by atoms with van der Waals surface area (Å²) >= 11 is 0. The summed E-state index contributed by atoms with van der Waals surface area (Å²) in [6.45, 7) is 1.42. The van der Waals surface area contributed by atoms with Crippen molar-refractivity contribution in [3.8, 4) is 0 Å². The van der Waals surface area contributed by atoms with Gasteiger partial charge in [0.15, 0.2) is 0 Å². The van der Waals surface area contributed by atoms with Crippen molar-refractivity contribution in [1.29, 1.82) is 0 Å². The van der Waals surface area contributed by atoms with E-state index in [0.717, 1.165) is 34.9 Å². The molecule has 0 spiro atoms. The minimum atomic E-state index is 0.118. The van der Waals surface area contributed by atoms with Crippen LogP contribution in [-0.2, 0) is 20.0 Å². The lowest BCUT2D eigenvalue weighted by molar-refractivity contribution is 0.0737. The smallest absolute Gasteiger partial charge is 0.254 e. The van der Waals surface area contributed by atoms with Crippen LogP contribution >= 0.6 is 0 Å². The molecular weight excluding hydrogens is 310 g/mol. The molecule has 0 fully saturated rings. The predicted octanol–water partition coefficient (Wildman–Crippen LogP) is 3.86. The normalized spacial score (nSPS) is 14.2. The van der Waals surface area contributed by atoms with Crippen molar-refractivity contribution < 1.29 is 4.79 Å². The molecule has 0 bridgehead atoms. The predicted molar refractivity (Wildman–Crippen MR) is 99.7 cm³/mol. The third-order valence-electron chi connectivity index (χ3n) is 5.33. The lowest BCUT2D eigenvalue weighted by atomic mass is 10.0. The monoisotopic (exact) mass is 329 g/mol. The van der Waals surface area contributed by atoms with Crippen LogP contribution in [0.4, 0.5) is 0 Å². The number of nitrogens with zero attached hydrogens (tertiary/aromatic N) is 2. The van der Waals surface area contributed by atoms with Gasteiger partial charge in [0, 0.05) is 71.4 Å². The van der Waals surface area contributed by atoms with Gasteiger partial charge in [-0.1, -0.05) is 24.3 Å². The van der Waals surface area contributed by atoms with E-state index >= 15 is 0 Å². The van der Waals surface area contributed by atoms with Gasteiger partial charge in [0.05, 0.1) is 0 Å². The number of benzene rings is 2. The first kappa shape index (κ1) is 14.3. The molecule has 3 heterocycles. The first-order chi connectivity index (χ1) is 12.2. The molecule has 4 heteroatoms. The summed E-state index contributed by atoms with van der Waals surface area (Å²) in [4.78, 5) is 18.7. The van der Waals surface area contributed by atoms with E-state index in [-0.39, 0.29) is 5.91 Å². The largest absolute Gasteiger partial charge is 0.358 e. The van der Waals surface area contributed by atoms with Crippen LogP contribution in [-0.4, -0.2) is 26.9 Å². The molecule has 2 aromatic heterocycles. The number of hydrogen-bond acceptors (Lipinski definition) is 1. The summed E-state index contributed by atoms with van der Waals surface area (Å²) in [5, 5.41) is 2.26. The van der Waals surface area contributed by atoms with Crippen molar-refractivity contribution >= 4 is 27.7 Å². The number of aryl methyl sites for hydroxylation is 1. The first-order valence-corrected chi connectivity index (χ1v) is 8.64. The molecule has 0 saturated heterocycles. The molecule has 4 aromatic rings. The Morgan fingerprint density at radius 1 is 1.04 bits per heavy atom. The van der Waals surface area contributed by atoms with Gasteiger partial charge in [0.25, 0.3) is 5.91 Å². The number of H-pyrrole nitrogens is 1. The van der Waals surface area contributed by atoms with Gasteiger partial charge in [0.1, 0.15) is 0 Å². The Hall–Kier alpha value is -3.01. The van der Waals surface area contributed by atoms with Crippen LogP contribution in [0, 0.1) is 0 Å². The Kier molecular flexibility index (Phi) is 3.01. The minimum Gasteiger partial charge on any atom is -0.358 e. The Bertz CT molecular complexity index is 1120. The number of amides is 1. The van der Waals surface area contributed by atoms with Crippen molar-refractivity contribution in [2.75, 3.05) is 6.54 Å². The molecule has 0 unspecified atom stereocenters. The molecule has 1 N–H and O–H groups in total. The lowest BCUT2D eigenvalue weighted by Gasteiger charge is -2.27. The molecule has 1 aliphatic heterocycles. The van der Waals surface area contributed by atoms with Gasteiger partial charge in [-0.2, -0.15) is 0 Å². The zero-order chi connectivity index (χ0) is 17.0. The number of aromatic amines is 1. The molecule has 5 rings (SSSR count). The lowest BCUT2D eigenvalue weighted by Crippen LogP contribution is -2.35. The maximum absolute atomic E-state index is 13.2. The van der Waals surface area contributed by atoms with Gasteiger partial charge in [-0.05, 0) is 24.3 Å². The molecule has 0 atom stereocenters. The molecule has 124 valence electrons. The fraction of sp³-hybridized carbons (Fsp3) is 0.190. The molecule has 1 aliphatic rings. The topological polar surface area (TPSA) is 41.0 Å². The van der Waals surface area contributed by atoms with Gasteiger partial charge < -0.3 is 14.5 Å². The molecule has 25 heavy (non-hydrogen) atoms. The number of carbonyl (C=O) groups excluding carboxylic acids is 1. The fourth-order valence-corrected chi connectivity index (χ4v) is 4.00. The van der Waals surface area contributed by atoms with Gasteiger partial charge in [-0.3, -0.25) is 4.79 Å². The highest BCUT2D eigenvalue weighted by Gasteiger charge is 2.25. The number of rotatable bonds is 1. The maximum Gasteiger partial charge on any atom is 0.254 e. The summed E-state index contributed by atoms with van der Waals surface area (Å²) in [6, 6.07) is 16.3. The van der Waals surface area contributed by atoms with Crippen LogP contribution in [0.25, 0.3) is 21.8 Å². The summed E-state index contributed by atoms with van der Waals surface area (Å²) in [5.41, 5.74) is 5.57. The fourth-order valence-electron chi connectivity index (χ4n) is 4.00. The third-order valence-corrected chi connectivity index (χ3v) is 5.33. The second-order valence-electron chi connectivity index (χ2n) is 6.77. The van der Waals surface area contributed by atoms with Crippen LogP contribution in [0.15, 0.2) is 54.7 Å². The molecule has 0 saturated carbocycles. The van der Waals surface area contributed by atoms with E-state index < -0.39 is 0 Å². The van der Waals surface area contributed by atoms with Crippen molar-refractivity contribution in [2.45, 2.75) is 13.0 Å². The second kappa shape index (κ2) is 5.24. The van der Waals surface area contributed by atoms with Crippen LogP contribution < -0.4 is 0 Å². The minimum absolute atomic E-state index is 0.118. The number of nitrogens with one attached hydrogen (secondary N) is 1. The number of para-hydroxylation sites is 1. The Morgan fingerprint density at radius 3 is 2.84 bits per heavy atom. The average molecular weight is 329 g/mol. The van der Waals surface area contributed by atoms with Crippen LogP contribution in [0.5, 0.6) is 0 Å². The van der Waals surface area contributed by atoms with Crippen molar-refractivity contribution in [1.82, 2.24) is 14.5 Å². The average Bonchev–Trinajstić information content (AvgIpc) is 3.21. The van der Waals surface area contributed by atoms with E-state index in [2.05, 4.69) is 33.8 Å². The number of carbonyl (C=O) groups is 1. The van der Waals surface area contributed by atoms with Gasteiger partial charge in [-0.25, -0.2) is 0 Å². The number of aromatic nitrogens is 2. The Labute approximate surface area is 145 Å². The molecule has 0 aliphatic carbocycles. The van der Waals surface area contributed by atoms with Crippen molar-refractivity contribution in [3.05, 3.63) is 71.5 Å². The van der Waals surface area contributed by atoms with Gasteiger partial charge >= 0.3 is 0 Å². The number of hydrogen-bond donors (Lipinski definition) is 1. The zero-order valence-corrected chi connectivity index (χ0v) is 14.1. The van der Waals surface area contributed by atoms with E-state index in [0.29, 0.717) is 6.54 Å². The van der Waals surface area contributed by atoms with Crippen molar-refractivity contribution in [3.63, 3.8) is 0 Å². The first-order valence-electron chi connectivity index (χ1n) is 8.64. The van der Waals surface area contributed by atoms with E-state index in [1.165, 1.54) is 16.6 Å². The SMILES string of the molecule is Cn1ccc2c(C(=O)N3CCc4[nH]c5ccccc5c4C3)cccc21. The maximum atomic E-state index is 13.2. The van der Waals surface area contributed by atoms with Crippen molar-refractivity contribution in [2.24, 2.45) is 7.05 Å². The Balaban J connectivity index is 1.55. The summed E-state index contributed by atoms with van der Waals surface area (Å²) in [6.07, 6.45) is 2.88.